The lowest BCUT2D eigenvalue weighted by Crippen LogP contribution is -2.51. The first-order valence-corrected chi connectivity index (χ1v) is 13.5. The predicted octanol–water partition coefficient (Wildman–Crippen LogP) is 1.99. The van der Waals surface area contributed by atoms with Gasteiger partial charge >= 0.3 is 5.97 Å². The van der Waals surface area contributed by atoms with Gasteiger partial charge in [-0.15, -0.1) is 0 Å². The van der Waals surface area contributed by atoms with Gasteiger partial charge in [-0.1, -0.05) is 36.8 Å². The SMILES string of the molecule is CCc1ccc(N2C[C@H](C(=O)OCC(=O)N3CCN(S(=O)(=O)c4ccc(C)cc4)CC3)CC2=O)cc1. The van der Waals surface area contributed by atoms with Crippen molar-refractivity contribution in [1.29, 1.82) is 0 Å². The Hall–Kier alpha value is -3.24. The summed E-state index contributed by atoms with van der Waals surface area (Å²) >= 11 is 0. The smallest absolute Gasteiger partial charge is 0.311 e. The van der Waals surface area contributed by atoms with Gasteiger partial charge in [0.25, 0.3) is 5.91 Å². The zero-order valence-electron chi connectivity index (χ0n) is 20.6. The zero-order chi connectivity index (χ0) is 25.9. The summed E-state index contributed by atoms with van der Waals surface area (Å²) in [5, 5.41) is 0. The highest BCUT2D eigenvalue weighted by molar-refractivity contribution is 7.89. The molecule has 2 aromatic rings. The minimum atomic E-state index is -3.63. The number of sulfonamides is 1. The summed E-state index contributed by atoms with van der Waals surface area (Å²) in [4.78, 5) is 40.9. The molecule has 2 aromatic carbocycles. The van der Waals surface area contributed by atoms with Crippen LogP contribution in [0.3, 0.4) is 0 Å². The molecule has 2 amide bonds. The fraction of sp³-hybridized carbons (Fsp3) is 0.423. The number of carbonyl (C=O) groups excluding carboxylic acids is 3. The normalized spacial score (nSPS) is 18.9. The number of carbonyl (C=O) groups is 3. The molecule has 0 aromatic heterocycles. The van der Waals surface area contributed by atoms with Crippen LogP contribution >= 0.6 is 0 Å². The molecule has 10 heteroatoms. The van der Waals surface area contributed by atoms with Crippen molar-refractivity contribution >= 4 is 33.5 Å². The molecule has 2 heterocycles. The van der Waals surface area contributed by atoms with Crippen molar-refractivity contribution in [2.45, 2.75) is 31.6 Å². The van der Waals surface area contributed by atoms with Gasteiger partial charge in [0.05, 0.1) is 10.8 Å². The van der Waals surface area contributed by atoms with E-state index in [1.54, 1.807) is 29.2 Å². The second kappa shape index (κ2) is 10.8. The van der Waals surface area contributed by atoms with Crippen LogP contribution in [0.2, 0.25) is 0 Å². The van der Waals surface area contributed by atoms with E-state index >= 15 is 0 Å². The minimum Gasteiger partial charge on any atom is -0.455 e. The highest BCUT2D eigenvalue weighted by Gasteiger charge is 2.37. The Morgan fingerprint density at radius 3 is 2.22 bits per heavy atom. The number of piperazine rings is 1. The van der Waals surface area contributed by atoms with Gasteiger partial charge in [-0.3, -0.25) is 14.4 Å². The monoisotopic (exact) mass is 513 g/mol. The molecule has 2 aliphatic heterocycles. The van der Waals surface area contributed by atoms with Crippen LogP contribution in [-0.4, -0.2) is 74.7 Å². The number of hydrogen-bond donors (Lipinski definition) is 0. The molecule has 0 spiro atoms. The number of hydrogen-bond acceptors (Lipinski definition) is 6. The third-order valence-electron chi connectivity index (χ3n) is 6.70. The summed E-state index contributed by atoms with van der Waals surface area (Å²) in [6.45, 7) is 4.48. The Morgan fingerprint density at radius 1 is 0.972 bits per heavy atom. The molecule has 36 heavy (non-hydrogen) atoms. The fourth-order valence-electron chi connectivity index (χ4n) is 4.41. The van der Waals surface area contributed by atoms with Crippen LogP contribution < -0.4 is 4.90 Å². The maximum atomic E-state index is 12.8. The number of rotatable bonds is 7. The summed E-state index contributed by atoms with van der Waals surface area (Å²) in [5.74, 6) is -1.75. The molecule has 2 aliphatic rings. The first-order valence-electron chi connectivity index (χ1n) is 12.1. The lowest BCUT2D eigenvalue weighted by molar-refractivity contribution is -0.155. The molecule has 0 aliphatic carbocycles. The van der Waals surface area contributed by atoms with E-state index in [-0.39, 0.29) is 55.9 Å². The number of benzene rings is 2. The van der Waals surface area contributed by atoms with Crippen molar-refractivity contribution in [2.24, 2.45) is 5.92 Å². The second-order valence-electron chi connectivity index (χ2n) is 9.13. The average Bonchev–Trinajstić information content (AvgIpc) is 3.29. The Bertz CT molecular complexity index is 1220. The molecule has 0 N–H and O–H groups in total. The quantitative estimate of drug-likeness (QED) is 0.525. The number of nitrogens with zero attached hydrogens (tertiary/aromatic N) is 3. The van der Waals surface area contributed by atoms with E-state index in [1.807, 2.05) is 31.2 Å². The zero-order valence-corrected chi connectivity index (χ0v) is 21.4. The van der Waals surface area contributed by atoms with Gasteiger partial charge in [-0.05, 0) is 43.2 Å². The van der Waals surface area contributed by atoms with Gasteiger partial charge < -0.3 is 14.5 Å². The van der Waals surface area contributed by atoms with E-state index < -0.39 is 28.5 Å². The molecule has 0 saturated carbocycles. The highest BCUT2D eigenvalue weighted by atomic mass is 32.2. The minimum absolute atomic E-state index is 0.0398. The largest absolute Gasteiger partial charge is 0.455 e. The molecule has 9 nitrogen and oxygen atoms in total. The molecule has 2 saturated heterocycles. The van der Waals surface area contributed by atoms with Crippen molar-refractivity contribution < 1.29 is 27.5 Å². The molecule has 4 rings (SSSR count). The molecule has 1 atom stereocenters. The Kier molecular flexibility index (Phi) is 7.75. The van der Waals surface area contributed by atoms with Gasteiger partial charge in [0.1, 0.15) is 0 Å². The Balaban J connectivity index is 1.25. The third kappa shape index (κ3) is 5.60. The summed E-state index contributed by atoms with van der Waals surface area (Å²) in [6, 6.07) is 14.3. The Labute approximate surface area is 211 Å². The first-order chi connectivity index (χ1) is 17.2. The third-order valence-corrected chi connectivity index (χ3v) is 8.62. The van der Waals surface area contributed by atoms with E-state index in [4.69, 9.17) is 4.74 Å². The second-order valence-corrected chi connectivity index (χ2v) is 11.1. The van der Waals surface area contributed by atoms with E-state index in [9.17, 15) is 22.8 Å². The fourth-order valence-corrected chi connectivity index (χ4v) is 5.83. The van der Waals surface area contributed by atoms with Crippen LogP contribution in [0.4, 0.5) is 5.69 Å². The molecule has 0 bridgehead atoms. The van der Waals surface area contributed by atoms with Gasteiger partial charge in [0.2, 0.25) is 15.9 Å². The summed E-state index contributed by atoms with van der Waals surface area (Å²) < 4.78 is 32.3. The maximum Gasteiger partial charge on any atom is 0.311 e. The van der Waals surface area contributed by atoms with Gasteiger partial charge in [-0.2, -0.15) is 4.31 Å². The van der Waals surface area contributed by atoms with E-state index in [0.717, 1.165) is 23.2 Å². The van der Waals surface area contributed by atoms with Crippen LogP contribution in [0.5, 0.6) is 0 Å². The molecular weight excluding hydrogens is 482 g/mol. The number of anilines is 1. The van der Waals surface area contributed by atoms with E-state index in [1.165, 1.54) is 9.21 Å². The molecule has 192 valence electrons. The lowest BCUT2D eigenvalue weighted by atomic mass is 10.1. The number of esters is 1. The van der Waals surface area contributed by atoms with Crippen molar-refractivity contribution in [3.8, 4) is 0 Å². The summed E-state index contributed by atoms with van der Waals surface area (Å²) in [6.07, 6.45) is 0.937. The standard InChI is InChI=1S/C26H31N3O6S/c1-3-20-6-8-22(9-7-20)29-17-21(16-24(29)30)26(32)35-18-25(31)27-12-14-28(15-13-27)36(33,34)23-10-4-19(2)5-11-23/h4-11,21H,3,12-18H2,1-2H3/t21-/m1/s1. The van der Waals surface area contributed by atoms with Crippen molar-refractivity contribution in [3.05, 3.63) is 59.7 Å². The molecular formula is C26H31N3O6S. The number of aryl methyl sites for hydroxylation is 2. The highest BCUT2D eigenvalue weighted by Crippen LogP contribution is 2.26. The molecule has 0 unspecified atom stereocenters. The molecule has 2 fully saturated rings. The first kappa shape index (κ1) is 25.8. The molecule has 0 radical (unpaired) electrons. The van der Waals surface area contributed by atoms with Gasteiger partial charge in [0, 0.05) is 44.8 Å². The van der Waals surface area contributed by atoms with Crippen molar-refractivity contribution in [3.63, 3.8) is 0 Å². The van der Waals surface area contributed by atoms with Crippen molar-refractivity contribution in [1.82, 2.24) is 9.21 Å². The van der Waals surface area contributed by atoms with E-state index in [2.05, 4.69) is 6.92 Å². The van der Waals surface area contributed by atoms with Crippen LogP contribution in [0.15, 0.2) is 53.4 Å². The summed E-state index contributed by atoms with van der Waals surface area (Å²) in [5.41, 5.74) is 2.87. The van der Waals surface area contributed by atoms with Gasteiger partial charge in [0.15, 0.2) is 6.61 Å². The van der Waals surface area contributed by atoms with Crippen LogP contribution in [0.1, 0.15) is 24.5 Å². The predicted molar refractivity (Wildman–Crippen MR) is 134 cm³/mol. The lowest BCUT2D eigenvalue weighted by Gasteiger charge is -2.34. The van der Waals surface area contributed by atoms with Crippen LogP contribution in [0.25, 0.3) is 0 Å². The van der Waals surface area contributed by atoms with Gasteiger partial charge in [-0.25, -0.2) is 8.42 Å². The van der Waals surface area contributed by atoms with E-state index in [0.29, 0.717) is 0 Å². The van der Waals surface area contributed by atoms with Crippen LogP contribution in [0, 0.1) is 12.8 Å². The van der Waals surface area contributed by atoms with Crippen molar-refractivity contribution in [2.75, 3.05) is 44.2 Å². The maximum absolute atomic E-state index is 12.8. The topological polar surface area (TPSA) is 104 Å². The summed E-state index contributed by atoms with van der Waals surface area (Å²) in [7, 11) is -3.63. The Morgan fingerprint density at radius 2 is 1.61 bits per heavy atom. The van der Waals surface area contributed by atoms with Crippen LogP contribution in [-0.2, 0) is 35.6 Å². The number of amides is 2. The number of ether oxygens (including phenoxy) is 1. The average molecular weight is 514 g/mol.